The number of rotatable bonds is 9. The molecular weight excluding hydrogens is 320 g/mol. The molecular formula is C17H26N6O2. The molecule has 0 saturated carbocycles. The molecule has 1 aromatic carbocycles. The molecule has 8 heteroatoms. The first-order chi connectivity index (χ1) is 12.0. The number of aromatic nitrogens is 3. The number of methoxy groups -OCH3 is 2. The van der Waals surface area contributed by atoms with Crippen LogP contribution in [0.5, 0.6) is 11.5 Å². The Morgan fingerprint density at radius 3 is 2.24 bits per heavy atom. The third-order valence-corrected chi connectivity index (χ3v) is 3.32. The normalized spacial score (nSPS) is 10.5. The number of hydrogen-bond acceptors (Lipinski definition) is 8. The van der Waals surface area contributed by atoms with Crippen molar-refractivity contribution in [1.82, 2.24) is 15.0 Å². The molecule has 1 aromatic heterocycles. The zero-order chi connectivity index (χ0) is 18.2. The molecule has 3 N–H and O–H groups in total. The summed E-state index contributed by atoms with van der Waals surface area (Å²) in [6.07, 6.45) is 0. The topological polar surface area (TPSA) is 93.2 Å². The van der Waals surface area contributed by atoms with Crippen LogP contribution in [0.25, 0.3) is 0 Å². The highest BCUT2D eigenvalue weighted by atomic mass is 16.5. The third-order valence-electron chi connectivity index (χ3n) is 3.32. The minimum atomic E-state index is 0.228. The second-order valence-electron chi connectivity index (χ2n) is 5.67. The standard InChI is InChI=1S/C17H26N6O2/c1-6-18-15-21-16(23-17(22-15)20-11(2)3)19-10-12-7-8-13(24-4)9-14(12)25-5/h7-9,11H,6,10H2,1-5H3,(H3,18,19,20,21,22,23). The van der Waals surface area contributed by atoms with Crippen molar-refractivity contribution < 1.29 is 9.47 Å². The minimum absolute atomic E-state index is 0.228. The van der Waals surface area contributed by atoms with Crippen molar-refractivity contribution in [2.24, 2.45) is 0 Å². The van der Waals surface area contributed by atoms with E-state index in [4.69, 9.17) is 9.47 Å². The van der Waals surface area contributed by atoms with Gasteiger partial charge in [0.05, 0.1) is 14.2 Å². The molecule has 0 fully saturated rings. The number of anilines is 3. The van der Waals surface area contributed by atoms with E-state index < -0.39 is 0 Å². The third kappa shape index (κ3) is 5.37. The fraction of sp³-hybridized carbons (Fsp3) is 0.471. The molecule has 2 rings (SSSR count). The van der Waals surface area contributed by atoms with Gasteiger partial charge >= 0.3 is 0 Å². The Morgan fingerprint density at radius 1 is 0.960 bits per heavy atom. The zero-order valence-electron chi connectivity index (χ0n) is 15.4. The van der Waals surface area contributed by atoms with Gasteiger partial charge in [0, 0.05) is 30.8 Å². The second-order valence-corrected chi connectivity index (χ2v) is 5.67. The van der Waals surface area contributed by atoms with E-state index in [1.807, 2.05) is 39.0 Å². The molecule has 0 unspecified atom stereocenters. The highest BCUT2D eigenvalue weighted by Gasteiger charge is 2.09. The van der Waals surface area contributed by atoms with E-state index in [1.165, 1.54) is 0 Å². The van der Waals surface area contributed by atoms with Crippen molar-refractivity contribution in [3.05, 3.63) is 23.8 Å². The molecule has 2 aromatic rings. The van der Waals surface area contributed by atoms with Gasteiger partial charge in [-0.1, -0.05) is 0 Å². The Hall–Kier alpha value is -2.77. The van der Waals surface area contributed by atoms with E-state index in [0.717, 1.165) is 23.6 Å². The number of hydrogen-bond donors (Lipinski definition) is 3. The number of ether oxygens (including phenoxy) is 2. The molecule has 0 saturated heterocycles. The lowest BCUT2D eigenvalue weighted by Crippen LogP contribution is -2.16. The molecule has 0 aliphatic carbocycles. The Bertz CT molecular complexity index is 693. The van der Waals surface area contributed by atoms with Crippen LogP contribution in [0.4, 0.5) is 17.8 Å². The van der Waals surface area contributed by atoms with Crippen molar-refractivity contribution in [2.75, 3.05) is 36.7 Å². The van der Waals surface area contributed by atoms with Crippen molar-refractivity contribution in [1.29, 1.82) is 0 Å². The van der Waals surface area contributed by atoms with E-state index in [1.54, 1.807) is 14.2 Å². The molecule has 1 heterocycles. The fourth-order valence-electron chi connectivity index (χ4n) is 2.19. The van der Waals surface area contributed by atoms with Crippen molar-refractivity contribution in [2.45, 2.75) is 33.4 Å². The van der Waals surface area contributed by atoms with E-state index in [9.17, 15) is 0 Å². The SMILES string of the molecule is CCNc1nc(NCc2ccc(OC)cc2OC)nc(NC(C)C)n1. The van der Waals surface area contributed by atoms with Crippen LogP contribution in [0, 0.1) is 0 Å². The Balaban J connectivity index is 2.17. The first kappa shape index (κ1) is 18.6. The summed E-state index contributed by atoms with van der Waals surface area (Å²) < 4.78 is 10.6. The zero-order valence-corrected chi connectivity index (χ0v) is 15.4. The van der Waals surface area contributed by atoms with Gasteiger partial charge in [0.1, 0.15) is 11.5 Å². The van der Waals surface area contributed by atoms with Crippen molar-refractivity contribution in [3.8, 4) is 11.5 Å². The molecule has 25 heavy (non-hydrogen) atoms. The lowest BCUT2D eigenvalue weighted by molar-refractivity contribution is 0.391. The maximum atomic E-state index is 5.42. The summed E-state index contributed by atoms with van der Waals surface area (Å²) in [4.78, 5) is 13.1. The summed E-state index contributed by atoms with van der Waals surface area (Å²) in [7, 11) is 3.26. The van der Waals surface area contributed by atoms with E-state index >= 15 is 0 Å². The maximum absolute atomic E-state index is 5.42. The van der Waals surface area contributed by atoms with E-state index in [0.29, 0.717) is 24.4 Å². The summed E-state index contributed by atoms with van der Waals surface area (Å²) in [6, 6.07) is 5.92. The van der Waals surface area contributed by atoms with Gasteiger partial charge in [0.15, 0.2) is 0 Å². The van der Waals surface area contributed by atoms with Gasteiger partial charge in [-0.2, -0.15) is 15.0 Å². The summed E-state index contributed by atoms with van der Waals surface area (Å²) in [6.45, 7) is 7.31. The van der Waals surface area contributed by atoms with Gasteiger partial charge in [0.2, 0.25) is 17.8 Å². The van der Waals surface area contributed by atoms with E-state index in [2.05, 4.69) is 30.9 Å². The number of benzene rings is 1. The Labute approximate surface area is 148 Å². The second kappa shape index (κ2) is 8.91. The van der Waals surface area contributed by atoms with Crippen molar-refractivity contribution >= 4 is 17.8 Å². The van der Waals surface area contributed by atoms with Crippen molar-refractivity contribution in [3.63, 3.8) is 0 Å². The minimum Gasteiger partial charge on any atom is -0.497 e. The highest BCUT2D eigenvalue weighted by molar-refractivity contribution is 5.45. The molecule has 0 spiro atoms. The fourth-order valence-corrected chi connectivity index (χ4v) is 2.19. The maximum Gasteiger partial charge on any atom is 0.229 e. The highest BCUT2D eigenvalue weighted by Crippen LogP contribution is 2.25. The van der Waals surface area contributed by atoms with Crippen LogP contribution in [0.1, 0.15) is 26.3 Å². The molecule has 136 valence electrons. The molecule has 0 atom stereocenters. The van der Waals surface area contributed by atoms with Gasteiger partial charge in [-0.05, 0) is 32.9 Å². The Kier molecular flexibility index (Phi) is 6.62. The largest absolute Gasteiger partial charge is 0.497 e. The van der Waals surface area contributed by atoms with Crippen LogP contribution < -0.4 is 25.4 Å². The summed E-state index contributed by atoms with van der Waals surface area (Å²) in [5.41, 5.74) is 0.979. The van der Waals surface area contributed by atoms with Gasteiger partial charge in [-0.3, -0.25) is 0 Å². The summed E-state index contributed by atoms with van der Waals surface area (Å²) >= 11 is 0. The van der Waals surface area contributed by atoms with Crippen LogP contribution in [0.15, 0.2) is 18.2 Å². The summed E-state index contributed by atoms with van der Waals surface area (Å²) in [5, 5.41) is 9.53. The quantitative estimate of drug-likeness (QED) is 0.638. The van der Waals surface area contributed by atoms with Gasteiger partial charge < -0.3 is 25.4 Å². The first-order valence-electron chi connectivity index (χ1n) is 8.27. The molecule has 0 radical (unpaired) electrons. The van der Waals surface area contributed by atoms with Crippen LogP contribution in [-0.2, 0) is 6.54 Å². The monoisotopic (exact) mass is 346 g/mol. The first-order valence-corrected chi connectivity index (χ1v) is 8.27. The van der Waals surface area contributed by atoms with Crippen LogP contribution >= 0.6 is 0 Å². The smallest absolute Gasteiger partial charge is 0.229 e. The summed E-state index contributed by atoms with van der Waals surface area (Å²) in [5.74, 6) is 3.05. The van der Waals surface area contributed by atoms with Crippen LogP contribution in [0.3, 0.4) is 0 Å². The van der Waals surface area contributed by atoms with Gasteiger partial charge in [-0.25, -0.2) is 0 Å². The molecule has 8 nitrogen and oxygen atoms in total. The average molecular weight is 346 g/mol. The Morgan fingerprint density at radius 2 is 1.64 bits per heavy atom. The lowest BCUT2D eigenvalue weighted by atomic mass is 10.2. The van der Waals surface area contributed by atoms with Gasteiger partial charge in [-0.15, -0.1) is 0 Å². The van der Waals surface area contributed by atoms with Crippen LogP contribution in [-0.4, -0.2) is 41.8 Å². The van der Waals surface area contributed by atoms with Crippen LogP contribution in [0.2, 0.25) is 0 Å². The lowest BCUT2D eigenvalue weighted by Gasteiger charge is -2.14. The molecule has 0 aliphatic rings. The molecule has 0 aliphatic heterocycles. The molecule has 0 amide bonds. The number of nitrogens with zero attached hydrogens (tertiary/aromatic N) is 3. The number of nitrogens with one attached hydrogen (secondary N) is 3. The average Bonchev–Trinajstić information content (AvgIpc) is 2.59. The van der Waals surface area contributed by atoms with Gasteiger partial charge in [0.25, 0.3) is 0 Å². The molecule has 0 bridgehead atoms. The predicted molar refractivity (Wildman–Crippen MR) is 99.6 cm³/mol. The predicted octanol–water partition coefficient (Wildman–Crippen LogP) is 2.75. The van der Waals surface area contributed by atoms with E-state index in [-0.39, 0.29) is 6.04 Å².